The van der Waals surface area contributed by atoms with Crippen molar-refractivity contribution in [2.75, 3.05) is 0 Å². The van der Waals surface area contributed by atoms with Crippen LogP contribution in [0.5, 0.6) is 0 Å². The first-order valence-electron chi connectivity index (χ1n) is 18.5. The third kappa shape index (κ3) is 7.47. The molecule has 0 aliphatic rings. The third-order valence-corrected chi connectivity index (χ3v) is 24.4. The number of benzene rings is 8. The quantitative estimate of drug-likeness (QED) is 0.113. The van der Waals surface area contributed by atoms with Crippen molar-refractivity contribution in [2.24, 2.45) is 0 Å². The maximum Gasteiger partial charge on any atom is 0.389 e. The second-order valence-corrected chi connectivity index (χ2v) is 24.4. The smallest absolute Gasteiger partial charge is 0.389 e. The topological polar surface area (TPSA) is 27.7 Å². The molecule has 0 heterocycles. The van der Waals surface area contributed by atoms with Gasteiger partial charge in [0.1, 0.15) is 0 Å². The molecule has 2 radical (unpaired) electrons. The van der Waals surface area contributed by atoms with Crippen LogP contribution in [0.2, 0.25) is 0 Å². The summed E-state index contributed by atoms with van der Waals surface area (Å²) in [6, 6.07) is 85.2. The predicted octanol–water partition coefficient (Wildman–Crippen LogP) is 5.16. The van der Waals surface area contributed by atoms with E-state index >= 15 is 0 Å². The summed E-state index contributed by atoms with van der Waals surface area (Å²) in [6.07, 6.45) is 0. The highest BCUT2D eigenvalue weighted by atomic mass is 28.5. The molecule has 0 N–H and O–H groups in total. The van der Waals surface area contributed by atoms with E-state index in [2.05, 4.69) is 237 Å². The van der Waals surface area contributed by atoms with Crippen LogP contribution in [0.15, 0.2) is 243 Å². The predicted molar refractivity (Wildman–Crippen MR) is 235 cm³/mol. The van der Waals surface area contributed by atoms with Gasteiger partial charge in [0.15, 0.2) is 0 Å². The zero-order chi connectivity index (χ0) is 37.2. The molecule has 0 bridgehead atoms. The van der Waals surface area contributed by atoms with Gasteiger partial charge in [0, 0.05) is 0 Å². The van der Waals surface area contributed by atoms with E-state index in [1.54, 1.807) is 0 Å². The van der Waals surface area contributed by atoms with Crippen LogP contribution >= 0.6 is 0 Å². The monoisotopic (exact) mass is 776 g/mol. The third-order valence-electron chi connectivity index (χ3n) is 9.83. The van der Waals surface area contributed by atoms with Crippen LogP contribution in [-0.4, -0.2) is 35.2 Å². The molecule has 7 heteroatoms. The highest BCUT2D eigenvalue weighted by molar-refractivity contribution is 7.15. The van der Waals surface area contributed by atoms with Crippen LogP contribution in [0.25, 0.3) is 0 Å². The molecule has 3 nitrogen and oxygen atoms in total. The van der Waals surface area contributed by atoms with E-state index in [0.29, 0.717) is 0 Å². The summed E-state index contributed by atoms with van der Waals surface area (Å²) in [5, 5.41) is 8.57. The standard InChI is InChI=1S/C48H40O3Si4/c1-9-25-41(26-10-1)52-49-54(45-33-17-5-18-34-45,46-35-19-6-20-36-46)51-55(47-37-21-7-22-38-47,48-39-23-8-24-40-48)50-53(42-27-11-2-12-28-42,43-29-13-3-14-30-43)44-31-15-4-16-32-44/h1-40H. The molecule has 0 atom stereocenters. The van der Waals surface area contributed by atoms with E-state index in [1.165, 1.54) is 0 Å². The van der Waals surface area contributed by atoms with Crippen LogP contribution in [-0.2, 0) is 12.3 Å². The highest BCUT2D eigenvalue weighted by Gasteiger charge is 2.59. The average Bonchev–Trinajstić information content (AvgIpc) is 3.29. The molecule has 8 aromatic carbocycles. The first-order valence-corrected chi connectivity index (χ1v) is 25.0. The summed E-state index contributed by atoms with van der Waals surface area (Å²) in [5.41, 5.74) is 0. The first kappa shape index (κ1) is 36.5. The number of rotatable bonds is 14. The van der Waals surface area contributed by atoms with Gasteiger partial charge in [-0.15, -0.1) is 0 Å². The van der Waals surface area contributed by atoms with Crippen LogP contribution in [0.4, 0.5) is 0 Å². The summed E-state index contributed by atoms with van der Waals surface area (Å²) in [5.74, 6) is 0. The Labute approximate surface area is 330 Å². The fourth-order valence-electron chi connectivity index (χ4n) is 7.23. The molecule has 8 rings (SSSR count). The van der Waals surface area contributed by atoms with Crippen molar-refractivity contribution in [2.45, 2.75) is 0 Å². The molecule has 8 aromatic rings. The average molecular weight is 777 g/mol. The van der Waals surface area contributed by atoms with Gasteiger partial charge in [0.2, 0.25) is 0 Å². The molecule has 0 saturated carbocycles. The van der Waals surface area contributed by atoms with Gasteiger partial charge in [-0.2, -0.15) is 0 Å². The zero-order valence-electron chi connectivity index (χ0n) is 30.3. The van der Waals surface area contributed by atoms with Gasteiger partial charge in [-0.3, -0.25) is 0 Å². The van der Waals surface area contributed by atoms with Crippen LogP contribution < -0.4 is 41.5 Å². The summed E-state index contributed by atoms with van der Waals surface area (Å²) >= 11 is 0. The van der Waals surface area contributed by atoms with Gasteiger partial charge in [-0.1, -0.05) is 243 Å². The van der Waals surface area contributed by atoms with Crippen molar-refractivity contribution in [1.82, 2.24) is 0 Å². The molecule has 0 unspecified atom stereocenters. The summed E-state index contributed by atoms with van der Waals surface area (Å²) in [4.78, 5) is 0. The van der Waals surface area contributed by atoms with Crippen LogP contribution in [0, 0.1) is 0 Å². The Morgan fingerprint density at radius 1 is 0.255 bits per heavy atom. The maximum absolute atomic E-state index is 8.52. The lowest BCUT2D eigenvalue weighted by Gasteiger charge is -2.46. The minimum atomic E-state index is -3.87. The molecule has 0 aromatic heterocycles. The van der Waals surface area contributed by atoms with Crippen LogP contribution in [0.1, 0.15) is 0 Å². The Morgan fingerprint density at radius 3 is 0.818 bits per heavy atom. The van der Waals surface area contributed by atoms with E-state index in [-0.39, 0.29) is 9.76 Å². The summed E-state index contributed by atoms with van der Waals surface area (Å²) in [6.45, 7) is 0. The Bertz CT molecular complexity index is 2180. The summed E-state index contributed by atoms with van der Waals surface area (Å²) < 4.78 is 24.4. The van der Waals surface area contributed by atoms with Crippen molar-refractivity contribution >= 4 is 76.7 Å². The van der Waals surface area contributed by atoms with E-state index in [9.17, 15) is 0 Å². The Kier molecular flexibility index (Phi) is 11.2. The fraction of sp³-hybridized carbons (Fsp3) is 0. The van der Waals surface area contributed by atoms with Gasteiger partial charge in [-0.05, 0) is 41.5 Å². The zero-order valence-corrected chi connectivity index (χ0v) is 34.3. The van der Waals surface area contributed by atoms with Crippen LogP contribution in [0.3, 0.4) is 0 Å². The number of hydrogen-bond donors (Lipinski definition) is 0. The lowest BCUT2D eigenvalue weighted by atomic mass is 10.3. The van der Waals surface area contributed by atoms with E-state index in [1.807, 2.05) is 6.07 Å². The minimum Gasteiger partial charge on any atom is -0.426 e. The van der Waals surface area contributed by atoms with Gasteiger partial charge in [0.25, 0.3) is 18.1 Å². The van der Waals surface area contributed by atoms with Gasteiger partial charge in [0.05, 0.1) is 0 Å². The molecule has 55 heavy (non-hydrogen) atoms. The molecule has 266 valence electrons. The van der Waals surface area contributed by atoms with Gasteiger partial charge in [-0.25, -0.2) is 0 Å². The molecule has 0 fully saturated rings. The Hall–Kier alpha value is -5.49. The van der Waals surface area contributed by atoms with Gasteiger partial charge < -0.3 is 12.3 Å². The SMILES string of the molecule is c1ccc([Si]O[Si](O[Si](O[Si](c2ccccc2)(c2ccccc2)c2ccccc2)(c2ccccc2)c2ccccc2)(c2ccccc2)c2ccccc2)cc1. The van der Waals surface area contributed by atoms with Crippen molar-refractivity contribution in [1.29, 1.82) is 0 Å². The maximum atomic E-state index is 8.52. The van der Waals surface area contributed by atoms with Crippen molar-refractivity contribution in [3.8, 4) is 0 Å². The lowest BCUT2D eigenvalue weighted by Crippen LogP contribution is -2.82. The molecule has 0 aliphatic heterocycles. The highest BCUT2D eigenvalue weighted by Crippen LogP contribution is 2.24. The normalized spacial score (nSPS) is 11.9. The van der Waals surface area contributed by atoms with E-state index in [4.69, 9.17) is 12.3 Å². The first-order chi connectivity index (χ1) is 27.2. The summed E-state index contributed by atoms with van der Waals surface area (Å²) in [7, 11) is -10.9. The second kappa shape index (κ2) is 16.9. The molecule has 0 amide bonds. The Balaban J connectivity index is 1.48. The Morgan fingerprint density at radius 2 is 0.509 bits per heavy atom. The molecular weight excluding hydrogens is 737 g/mol. The fourth-order valence-corrected chi connectivity index (χ4v) is 24.4. The molecule has 0 aliphatic carbocycles. The number of hydrogen-bond acceptors (Lipinski definition) is 3. The minimum absolute atomic E-state index is 0.0295. The van der Waals surface area contributed by atoms with Crippen molar-refractivity contribution in [3.63, 3.8) is 0 Å². The van der Waals surface area contributed by atoms with Crippen molar-refractivity contribution in [3.05, 3.63) is 243 Å². The van der Waals surface area contributed by atoms with E-state index in [0.717, 1.165) is 41.5 Å². The molecular formula is C48H40O3Si4. The molecule has 0 spiro atoms. The van der Waals surface area contributed by atoms with E-state index < -0.39 is 25.4 Å². The van der Waals surface area contributed by atoms with Gasteiger partial charge >= 0.3 is 17.1 Å². The second-order valence-electron chi connectivity index (χ2n) is 13.3. The van der Waals surface area contributed by atoms with Crippen molar-refractivity contribution < 1.29 is 12.3 Å². The largest absolute Gasteiger partial charge is 0.426 e. The molecule has 0 saturated heterocycles. The lowest BCUT2D eigenvalue weighted by molar-refractivity contribution is 0.368.